The first-order chi connectivity index (χ1) is 16.8. The minimum atomic E-state index is -0.696. The molecule has 1 aliphatic heterocycles. The van der Waals surface area contributed by atoms with Crippen molar-refractivity contribution in [2.75, 3.05) is 26.7 Å². The third-order valence-corrected chi connectivity index (χ3v) is 8.23. The first-order valence-corrected chi connectivity index (χ1v) is 13.2. The molecule has 2 aliphatic rings. The number of benzene rings is 1. The fourth-order valence-electron chi connectivity index (χ4n) is 6.15. The second-order valence-electron chi connectivity index (χ2n) is 10.6. The molecular weight excluding hydrogens is 440 g/mol. The van der Waals surface area contributed by atoms with E-state index >= 15 is 0 Å². The van der Waals surface area contributed by atoms with E-state index < -0.39 is 11.5 Å². The number of hydrogen-bond donors (Lipinski definition) is 2. The van der Waals surface area contributed by atoms with Crippen LogP contribution in [0.2, 0.25) is 0 Å². The van der Waals surface area contributed by atoms with E-state index in [1.807, 2.05) is 18.2 Å². The molecule has 1 aromatic rings. The Bertz CT molecular complexity index is 917. The fraction of sp³-hybridized carbons (Fsp3) is 0.679. The topological polar surface area (TPSA) is 108 Å². The first-order valence-electron chi connectivity index (χ1n) is 13.2. The summed E-state index contributed by atoms with van der Waals surface area (Å²) in [5.41, 5.74) is 7.98. The van der Waals surface area contributed by atoms with Crippen LogP contribution in [0.3, 0.4) is 0 Å². The van der Waals surface area contributed by atoms with Crippen LogP contribution in [0.15, 0.2) is 18.2 Å². The van der Waals surface area contributed by atoms with Gasteiger partial charge in [0.25, 0.3) is 0 Å². The standard InChI is InChI=1S/C28H42N4O3/c1-20(2)23-9-6-21(7-10-23)5-4-12-28(13-14-29)25-11-8-22(18-30)17-24(25)19-32(26(28)33)15-16-35-27(34)31-3/h8,11,17,20-21,23H,4-7,9-10,12-16,19,29H2,1-3H3,(H,31,34)/t21-,23+,28?. The number of nitriles is 1. The smallest absolute Gasteiger partial charge is 0.406 e. The Hall–Kier alpha value is -2.59. The maximum Gasteiger partial charge on any atom is 0.406 e. The molecule has 1 fully saturated rings. The maximum absolute atomic E-state index is 13.9. The van der Waals surface area contributed by atoms with E-state index in [-0.39, 0.29) is 12.5 Å². The van der Waals surface area contributed by atoms with Crippen molar-refractivity contribution < 1.29 is 14.3 Å². The Morgan fingerprint density at radius 3 is 2.66 bits per heavy atom. The molecular formula is C28H42N4O3. The molecule has 0 bridgehead atoms. The van der Waals surface area contributed by atoms with Gasteiger partial charge in [-0.25, -0.2) is 4.79 Å². The monoisotopic (exact) mass is 482 g/mol. The summed E-state index contributed by atoms with van der Waals surface area (Å²) in [6.07, 6.45) is 8.11. The van der Waals surface area contributed by atoms with Crippen molar-refractivity contribution in [3.8, 4) is 6.07 Å². The second-order valence-corrected chi connectivity index (χ2v) is 10.6. The summed E-state index contributed by atoms with van der Waals surface area (Å²) < 4.78 is 5.17. The van der Waals surface area contributed by atoms with Crippen molar-refractivity contribution in [2.45, 2.75) is 77.2 Å². The molecule has 2 amide bonds. The first kappa shape index (κ1) is 27.0. The Kier molecular flexibility index (Phi) is 9.56. The number of nitrogens with one attached hydrogen (secondary N) is 1. The zero-order valence-corrected chi connectivity index (χ0v) is 21.6. The van der Waals surface area contributed by atoms with Gasteiger partial charge in [0.2, 0.25) is 5.91 Å². The average molecular weight is 483 g/mol. The van der Waals surface area contributed by atoms with Crippen LogP contribution in [0, 0.1) is 29.1 Å². The van der Waals surface area contributed by atoms with Gasteiger partial charge in [0.1, 0.15) is 6.61 Å². The molecule has 7 nitrogen and oxygen atoms in total. The van der Waals surface area contributed by atoms with Gasteiger partial charge in [-0.3, -0.25) is 4.79 Å². The number of hydrogen-bond acceptors (Lipinski definition) is 5. The summed E-state index contributed by atoms with van der Waals surface area (Å²) in [6, 6.07) is 7.90. The van der Waals surface area contributed by atoms with E-state index in [4.69, 9.17) is 10.5 Å². The lowest BCUT2D eigenvalue weighted by molar-refractivity contribution is -0.140. The lowest BCUT2D eigenvalue weighted by Crippen LogP contribution is -2.52. The van der Waals surface area contributed by atoms with Crippen LogP contribution in [-0.4, -0.2) is 43.6 Å². The predicted octanol–water partition coefficient (Wildman–Crippen LogP) is 4.48. The van der Waals surface area contributed by atoms with Crippen LogP contribution < -0.4 is 11.1 Å². The largest absolute Gasteiger partial charge is 0.448 e. The third-order valence-electron chi connectivity index (χ3n) is 8.23. The molecule has 1 unspecified atom stereocenters. The van der Waals surface area contributed by atoms with Gasteiger partial charge in [-0.15, -0.1) is 0 Å². The third kappa shape index (κ3) is 6.35. The van der Waals surface area contributed by atoms with Gasteiger partial charge >= 0.3 is 6.09 Å². The van der Waals surface area contributed by atoms with Crippen LogP contribution >= 0.6 is 0 Å². The molecule has 1 saturated carbocycles. The van der Waals surface area contributed by atoms with Gasteiger partial charge in [-0.2, -0.15) is 5.26 Å². The van der Waals surface area contributed by atoms with Crippen molar-refractivity contribution in [3.63, 3.8) is 0 Å². The maximum atomic E-state index is 13.9. The summed E-state index contributed by atoms with van der Waals surface area (Å²) in [5, 5.41) is 11.9. The van der Waals surface area contributed by atoms with Gasteiger partial charge < -0.3 is 20.7 Å². The molecule has 0 saturated heterocycles. The van der Waals surface area contributed by atoms with Gasteiger partial charge in [0.15, 0.2) is 0 Å². The number of carbonyl (C=O) groups excluding carboxylic acids is 2. The van der Waals surface area contributed by atoms with Gasteiger partial charge in [0.05, 0.1) is 23.6 Å². The van der Waals surface area contributed by atoms with Crippen LogP contribution in [0.1, 0.15) is 81.9 Å². The molecule has 192 valence electrons. The number of fused-ring (bicyclic) bond motifs is 1. The Morgan fingerprint density at radius 1 is 1.29 bits per heavy atom. The molecule has 0 spiro atoms. The average Bonchev–Trinajstić information content (AvgIpc) is 2.86. The zero-order valence-electron chi connectivity index (χ0n) is 21.6. The summed E-state index contributed by atoms with van der Waals surface area (Å²) in [4.78, 5) is 27.2. The Morgan fingerprint density at radius 2 is 2.03 bits per heavy atom. The highest BCUT2D eigenvalue weighted by molar-refractivity contribution is 5.90. The molecule has 0 radical (unpaired) electrons. The van der Waals surface area contributed by atoms with Crippen molar-refractivity contribution in [1.82, 2.24) is 10.2 Å². The van der Waals surface area contributed by atoms with Crippen molar-refractivity contribution in [1.29, 1.82) is 5.26 Å². The number of alkyl carbamates (subject to hydrolysis) is 1. The minimum absolute atomic E-state index is 0.0594. The van der Waals surface area contributed by atoms with Crippen LogP contribution in [0.25, 0.3) is 0 Å². The number of nitrogens with two attached hydrogens (primary N) is 1. The summed E-state index contributed by atoms with van der Waals surface area (Å²) in [7, 11) is 1.51. The minimum Gasteiger partial charge on any atom is -0.448 e. The second kappa shape index (κ2) is 12.4. The number of carbonyl (C=O) groups is 2. The molecule has 1 aliphatic carbocycles. The van der Waals surface area contributed by atoms with Crippen LogP contribution in [0.4, 0.5) is 4.79 Å². The number of ether oxygens (including phenoxy) is 1. The van der Waals surface area contributed by atoms with E-state index in [0.717, 1.165) is 48.1 Å². The van der Waals surface area contributed by atoms with Crippen molar-refractivity contribution >= 4 is 12.0 Å². The van der Waals surface area contributed by atoms with Crippen LogP contribution in [-0.2, 0) is 21.5 Å². The number of amides is 2. The van der Waals surface area contributed by atoms with E-state index in [9.17, 15) is 14.9 Å². The van der Waals surface area contributed by atoms with Crippen molar-refractivity contribution in [2.24, 2.45) is 23.5 Å². The summed E-state index contributed by atoms with van der Waals surface area (Å²) in [5.74, 6) is 2.40. The Labute approximate surface area is 210 Å². The number of nitrogens with zero attached hydrogens (tertiary/aromatic N) is 2. The van der Waals surface area contributed by atoms with Gasteiger partial charge in [-0.1, -0.05) is 45.6 Å². The molecule has 1 atom stereocenters. The van der Waals surface area contributed by atoms with Crippen molar-refractivity contribution in [3.05, 3.63) is 34.9 Å². The quantitative estimate of drug-likeness (QED) is 0.511. The van der Waals surface area contributed by atoms with E-state index in [0.29, 0.717) is 31.6 Å². The van der Waals surface area contributed by atoms with E-state index in [2.05, 4.69) is 25.2 Å². The molecule has 0 aromatic heterocycles. The molecule has 7 heteroatoms. The highest BCUT2D eigenvalue weighted by Crippen LogP contribution is 2.43. The molecule has 3 rings (SSSR count). The lowest BCUT2D eigenvalue weighted by Gasteiger charge is -2.43. The normalized spacial score (nSPS) is 24.1. The molecule has 1 heterocycles. The molecule has 1 aromatic carbocycles. The summed E-state index contributed by atoms with van der Waals surface area (Å²) >= 11 is 0. The van der Waals surface area contributed by atoms with Gasteiger partial charge in [-0.05, 0) is 73.2 Å². The Balaban J connectivity index is 1.78. The zero-order chi connectivity index (χ0) is 25.4. The van der Waals surface area contributed by atoms with Crippen LogP contribution in [0.5, 0.6) is 0 Å². The lowest BCUT2D eigenvalue weighted by atomic mass is 9.67. The molecule has 3 N–H and O–H groups in total. The highest BCUT2D eigenvalue weighted by Gasteiger charge is 2.46. The molecule has 35 heavy (non-hydrogen) atoms. The highest BCUT2D eigenvalue weighted by atomic mass is 16.5. The SMILES string of the molecule is CNC(=O)OCCN1Cc2cc(C#N)ccc2C(CCN)(CCC[C@H]2CC[C@@H](C(C)C)CC2)C1=O. The van der Waals surface area contributed by atoms with Gasteiger partial charge in [0, 0.05) is 13.6 Å². The summed E-state index contributed by atoms with van der Waals surface area (Å²) in [6.45, 7) is 5.91. The predicted molar refractivity (Wildman–Crippen MR) is 136 cm³/mol. The van der Waals surface area contributed by atoms with E-state index in [1.165, 1.54) is 32.7 Å². The van der Waals surface area contributed by atoms with E-state index in [1.54, 1.807) is 4.90 Å². The fourth-order valence-corrected chi connectivity index (χ4v) is 6.15. The number of rotatable bonds is 10.